The average molecular weight is 441 g/mol. The van der Waals surface area contributed by atoms with Crippen LogP contribution in [0.4, 0.5) is 19.0 Å². The molecule has 166 valence electrons. The van der Waals surface area contributed by atoms with Gasteiger partial charge in [0.05, 0.1) is 28.7 Å². The Bertz CT molecular complexity index is 1420. The molecule has 1 aliphatic carbocycles. The molecule has 9 heteroatoms. The number of halogens is 3. The van der Waals surface area contributed by atoms with Crippen molar-refractivity contribution >= 4 is 22.4 Å². The van der Waals surface area contributed by atoms with Gasteiger partial charge in [-0.05, 0) is 50.8 Å². The third-order valence-electron chi connectivity index (χ3n) is 6.42. The number of benzene rings is 1. The van der Waals surface area contributed by atoms with Crippen molar-refractivity contribution in [3.8, 4) is 0 Å². The SMILES string of the molecule is Cc1c(C(C)Nc2nc3ccnn3c3cc(=O)n(C4(C)CC4)cc23)cccc1C(F)(F)F. The first-order valence-corrected chi connectivity index (χ1v) is 10.4. The number of nitrogens with one attached hydrogen (secondary N) is 1. The fourth-order valence-electron chi connectivity index (χ4n) is 4.29. The Morgan fingerprint density at radius 1 is 1.22 bits per heavy atom. The van der Waals surface area contributed by atoms with Crippen molar-refractivity contribution in [3.05, 3.63) is 69.8 Å². The first-order valence-electron chi connectivity index (χ1n) is 10.4. The third kappa shape index (κ3) is 3.23. The average Bonchev–Trinajstić information content (AvgIpc) is 3.28. The molecule has 0 bridgehead atoms. The number of alkyl halides is 3. The van der Waals surface area contributed by atoms with E-state index in [1.807, 2.05) is 6.92 Å². The van der Waals surface area contributed by atoms with Crippen molar-refractivity contribution in [1.82, 2.24) is 19.2 Å². The van der Waals surface area contributed by atoms with Crippen molar-refractivity contribution < 1.29 is 13.2 Å². The van der Waals surface area contributed by atoms with E-state index < -0.39 is 17.8 Å². The van der Waals surface area contributed by atoms with Gasteiger partial charge in [-0.2, -0.15) is 18.3 Å². The van der Waals surface area contributed by atoms with Crippen LogP contribution in [-0.2, 0) is 11.7 Å². The van der Waals surface area contributed by atoms with Gasteiger partial charge < -0.3 is 9.88 Å². The molecule has 1 atom stereocenters. The zero-order chi connectivity index (χ0) is 22.8. The maximum Gasteiger partial charge on any atom is 0.416 e. The Morgan fingerprint density at radius 2 is 1.97 bits per heavy atom. The molecule has 3 aromatic heterocycles. The molecule has 0 radical (unpaired) electrons. The summed E-state index contributed by atoms with van der Waals surface area (Å²) in [5.74, 6) is 0.496. The van der Waals surface area contributed by atoms with Crippen LogP contribution in [0.1, 0.15) is 49.4 Å². The summed E-state index contributed by atoms with van der Waals surface area (Å²) in [6.45, 7) is 5.31. The number of pyridine rings is 1. The van der Waals surface area contributed by atoms with Crippen LogP contribution in [0.3, 0.4) is 0 Å². The number of nitrogens with zero attached hydrogens (tertiary/aromatic N) is 4. The van der Waals surface area contributed by atoms with Gasteiger partial charge in [0, 0.05) is 23.9 Å². The molecule has 3 heterocycles. The molecule has 5 rings (SSSR count). The van der Waals surface area contributed by atoms with Crippen molar-refractivity contribution in [3.63, 3.8) is 0 Å². The third-order valence-corrected chi connectivity index (χ3v) is 6.42. The molecule has 1 fully saturated rings. The molecular formula is C23H22F3N5O. The smallest absolute Gasteiger partial charge is 0.363 e. The van der Waals surface area contributed by atoms with Gasteiger partial charge in [0.25, 0.3) is 5.56 Å². The Kier molecular flexibility index (Phi) is 4.38. The fraction of sp³-hybridized carbons (Fsp3) is 0.348. The first-order chi connectivity index (χ1) is 15.1. The lowest BCUT2D eigenvalue weighted by atomic mass is 9.97. The Balaban J connectivity index is 1.65. The highest BCUT2D eigenvalue weighted by atomic mass is 19.4. The molecule has 6 nitrogen and oxygen atoms in total. The van der Waals surface area contributed by atoms with Gasteiger partial charge in [0.1, 0.15) is 5.82 Å². The fourth-order valence-corrected chi connectivity index (χ4v) is 4.29. The van der Waals surface area contributed by atoms with Crippen LogP contribution in [-0.4, -0.2) is 19.2 Å². The van der Waals surface area contributed by atoms with E-state index in [1.54, 1.807) is 46.6 Å². The zero-order valence-electron chi connectivity index (χ0n) is 17.9. The van der Waals surface area contributed by atoms with Crippen LogP contribution in [0.15, 0.2) is 47.5 Å². The number of hydrogen-bond donors (Lipinski definition) is 1. The van der Waals surface area contributed by atoms with Crippen molar-refractivity contribution in [2.75, 3.05) is 5.32 Å². The van der Waals surface area contributed by atoms with E-state index in [9.17, 15) is 18.0 Å². The van der Waals surface area contributed by atoms with E-state index in [1.165, 1.54) is 13.0 Å². The van der Waals surface area contributed by atoms with E-state index in [4.69, 9.17) is 0 Å². The Morgan fingerprint density at radius 3 is 2.66 bits per heavy atom. The van der Waals surface area contributed by atoms with Crippen molar-refractivity contribution in [1.29, 1.82) is 0 Å². The van der Waals surface area contributed by atoms with Gasteiger partial charge in [0.15, 0.2) is 5.65 Å². The highest BCUT2D eigenvalue weighted by Crippen LogP contribution is 2.42. The summed E-state index contributed by atoms with van der Waals surface area (Å²) in [7, 11) is 0. The monoisotopic (exact) mass is 441 g/mol. The van der Waals surface area contributed by atoms with Gasteiger partial charge >= 0.3 is 6.18 Å². The quantitative estimate of drug-likeness (QED) is 0.481. The van der Waals surface area contributed by atoms with Crippen LogP contribution in [0.5, 0.6) is 0 Å². The van der Waals surface area contributed by atoms with E-state index in [0.717, 1.165) is 18.9 Å². The van der Waals surface area contributed by atoms with Gasteiger partial charge in [-0.1, -0.05) is 12.1 Å². The van der Waals surface area contributed by atoms with Gasteiger partial charge in [-0.3, -0.25) is 4.79 Å². The number of fused-ring (bicyclic) bond motifs is 3. The minimum Gasteiger partial charge on any atom is -0.363 e. The maximum absolute atomic E-state index is 13.4. The highest BCUT2D eigenvalue weighted by Gasteiger charge is 2.40. The number of hydrogen-bond acceptors (Lipinski definition) is 4. The van der Waals surface area contributed by atoms with Crippen molar-refractivity contribution in [2.24, 2.45) is 0 Å². The number of rotatable bonds is 4. The highest BCUT2D eigenvalue weighted by molar-refractivity contribution is 5.90. The van der Waals surface area contributed by atoms with E-state index in [2.05, 4.69) is 15.4 Å². The van der Waals surface area contributed by atoms with Gasteiger partial charge in [0.2, 0.25) is 0 Å². The molecule has 0 amide bonds. The second-order valence-corrected chi connectivity index (χ2v) is 8.72. The van der Waals surface area contributed by atoms with Crippen LogP contribution in [0.25, 0.3) is 16.6 Å². The molecule has 1 aromatic carbocycles. The lowest BCUT2D eigenvalue weighted by molar-refractivity contribution is -0.138. The summed E-state index contributed by atoms with van der Waals surface area (Å²) in [6, 6.07) is 7.01. The molecule has 0 spiro atoms. The lowest BCUT2D eigenvalue weighted by Gasteiger charge is -2.22. The van der Waals surface area contributed by atoms with Crippen LogP contribution >= 0.6 is 0 Å². The number of aromatic nitrogens is 4. The molecule has 0 aliphatic heterocycles. The lowest BCUT2D eigenvalue weighted by Crippen LogP contribution is -2.27. The summed E-state index contributed by atoms with van der Waals surface area (Å²) in [5.41, 5.74) is 0.869. The summed E-state index contributed by atoms with van der Waals surface area (Å²) in [4.78, 5) is 17.4. The van der Waals surface area contributed by atoms with Gasteiger partial charge in [-0.15, -0.1) is 0 Å². The van der Waals surface area contributed by atoms with Crippen LogP contribution < -0.4 is 10.9 Å². The summed E-state index contributed by atoms with van der Waals surface area (Å²) in [6.07, 6.45) is 0.792. The molecule has 1 unspecified atom stereocenters. The second kappa shape index (κ2) is 6.82. The van der Waals surface area contributed by atoms with Crippen molar-refractivity contribution in [2.45, 2.75) is 51.4 Å². The summed E-state index contributed by atoms with van der Waals surface area (Å²) >= 11 is 0. The number of anilines is 1. The normalized spacial score (nSPS) is 16.4. The summed E-state index contributed by atoms with van der Waals surface area (Å²) < 4.78 is 43.5. The molecule has 1 saturated carbocycles. The zero-order valence-corrected chi connectivity index (χ0v) is 17.9. The molecular weight excluding hydrogens is 419 g/mol. The second-order valence-electron chi connectivity index (χ2n) is 8.72. The Labute approximate surface area is 181 Å². The first kappa shape index (κ1) is 20.5. The van der Waals surface area contributed by atoms with E-state index in [-0.39, 0.29) is 16.7 Å². The van der Waals surface area contributed by atoms with Crippen LogP contribution in [0, 0.1) is 6.92 Å². The van der Waals surface area contributed by atoms with Crippen LogP contribution in [0.2, 0.25) is 0 Å². The molecule has 0 saturated heterocycles. The maximum atomic E-state index is 13.4. The molecule has 1 aliphatic rings. The van der Waals surface area contributed by atoms with Gasteiger partial charge in [-0.25, -0.2) is 9.50 Å². The Hall–Kier alpha value is -3.36. The predicted molar refractivity (Wildman–Crippen MR) is 116 cm³/mol. The molecule has 1 N–H and O–H groups in total. The largest absolute Gasteiger partial charge is 0.416 e. The molecule has 32 heavy (non-hydrogen) atoms. The molecule has 4 aromatic rings. The predicted octanol–water partition coefficient (Wildman–Crippen LogP) is 5.05. The van der Waals surface area contributed by atoms with E-state index in [0.29, 0.717) is 27.9 Å². The minimum absolute atomic E-state index is 0.117. The van der Waals surface area contributed by atoms with E-state index >= 15 is 0 Å². The standard InChI is InChI=1S/C23H22F3N5O/c1-13-15(5-4-6-17(13)23(24,25)26)14(2)28-21-16-12-30(22(3)8-9-22)20(32)11-18(16)31-19(29-21)7-10-27-31/h4-7,10-12,14H,8-9H2,1-3H3,(H,28,29). The minimum atomic E-state index is -4.42. The summed E-state index contributed by atoms with van der Waals surface area (Å²) in [5, 5.41) is 8.25. The topological polar surface area (TPSA) is 64.2 Å².